The molecule has 3 heteroatoms. The lowest BCUT2D eigenvalue weighted by Crippen LogP contribution is -2.09. The normalized spacial score (nSPS) is 18.5. The molecule has 0 aromatic heterocycles. The minimum atomic E-state index is -0.892. The largest absolute Gasteiger partial charge is 0.388 e. The second-order valence-corrected chi connectivity index (χ2v) is 5.72. The van der Waals surface area contributed by atoms with Crippen molar-refractivity contribution in [2.45, 2.75) is 58.0 Å². The molecule has 1 aromatic carbocycles. The number of benzene rings is 1. The number of aliphatic hydroxyl groups excluding tert-OH is 1. The minimum absolute atomic E-state index is 0.0962. The van der Waals surface area contributed by atoms with Gasteiger partial charge in [-0.3, -0.25) is 0 Å². The molecule has 0 saturated heterocycles. The van der Waals surface area contributed by atoms with E-state index in [1.807, 2.05) is 0 Å². The summed E-state index contributed by atoms with van der Waals surface area (Å²) >= 11 is 0. The van der Waals surface area contributed by atoms with Crippen molar-refractivity contribution in [1.29, 1.82) is 0 Å². The summed E-state index contributed by atoms with van der Waals surface area (Å²) in [7, 11) is 0. The Hall–Kier alpha value is -0.960. The average molecular weight is 268 g/mol. The molecule has 2 rings (SSSR count). The number of aryl methyl sites for hydroxylation is 1. The van der Waals surface area contributed by atoms with E-state index in [1.54, 1.807) is 0 Å². The van der Waals surface area contributed by atoms with E-state index in [9.17, 15) is 13.9 Å². The van der Waals surface area contributed by atoms with E-state index < -0.39 is 17.7 Å². The molecular formula is C16H22F2O. The highest BCUT2D eigenvalue weighted by atomic mass is 19.1. The van der Waals surface area contributed by atoms with E-state index in [0.29, 0.717) is 12.3 Å². The first kappa shape index (κ1) is 14.4. The van der Waals surface area contributed by atoms with Crippen molar-refractivity contribution in [3.05, 3.63) is 34.9 Å². The highest BCUT2D eigenvalue weighted by Gasteiger charge is 2.19. The summed E-state index contributed by atoms with van der Waals surface area (Å²) in [5.41, 5.74) is 0.375. The lowest BCUT2D eigenvalue weighted by atomic mass is 9.85. The van der Waals surface area contributed by atoms with Crippen molar-refractivity contribution >= 4 is 0 Å². The van der Waals surface area contributed by atoms with Crippen LogP contribution in [0.25, 0.3) is 0 Å². The quantitative estimate of drug-likeness (QED) is 0.841. The molecule has 1 nitrogen and oxygen atoms in total. The van der Waals surface area contributed by atoms with Crippen LogP contribution in [-0.2, 0) is 0 Å². The zero-order valence-corrected chi connectivity index (χ0v) is 11.5. The summed E-state index contributed by atoms with van der Waals surface area (Å²) in [6.07, 6.45) is 6.76. The third kappa shape index (κ3) is 3.75. The van der Waals surface area contributed by atoms with Crippen LogP contribution in [0.1, 0.15) is 62.2 Å². The standard InChI is InChI=1S/C16H22F2O/c1-11-9-15(18)13(10-14(11)17)16(19)8-7-12-5-3-2-4-6-12/h9-10,12,16,19H,2-8H2,1H3. The molecule has 1 unspecified atom stereocenters. The summed E-state index contributed by atoms with van der Waals surface area (Å²) < 4.78 is 27.2. The van der Waals surface area contributed by atoms with Crippen molar-refractivity contribution < 1.29 is 13.9 Å². The molecule has 1 saturated carbocycles. The summed E-state index contributed by atoms with van der Waals surface area (Å²) in [6, 6.07) is 2.30. The first-order valence-electron chi connectivity index (χ1n) is 7.21. The Morgan fingerprint density at radius 2 is 1.84 bits per heavy atom. The number of rotatable bonds is 4. The molecule has 106 valence electrons. The van der Waals surface area contributed by atoms with Crippen LogP contribution < -0.4 is 0 Å². The van der Waals surface area contributed by atoms with Crippen molar-refractivity contribution in [1.82, 2.24) is 0 Å². The van der Waals surface area contributed by atoms with Gasteiger partial charge in [0.05, 0.1) is 6.10 Å². The number of hydrogen-bond acceptors (Lipinski definition) is 1. The highest BCUT2D eigenvalue weighted by Crippen LogP contribution is 2.31. The molecule has 0 aliphatic heterocycles. The molecule has 1 aliphatic rings. The Morgan fingerprint density at radius 3 is 2.53 bits per heavy atom. The van der Waals surface area contributed by atoms with Gasteiger partial charge in [-0.2, -0.15) is 0 Å². The molecule has 0 spiro atoms. The fourth-order valence-electron chi connectivity index (χ4n) is 2.94. The van der Waals surface area contributed by atoms with E-state index in [0.717, 1.165) is 18.6 Å². The van der Waals surface area contributed by atoms with E-state index in [-0.39, 0.29) is 11.1 Å². The van der Waals surface area contributed by atoms with E-state index in [4.69, 9.17) is 0 Å². The molecule has 1 aliphatic carbocycles. The maximum atomic E-state index is 13.7. The molecule has 0 radical (unpaired) electrons. The van der Waals surface area contributed by atoms with E-state index >= 15 is 0 Å². The van der Waals surface area contributed by atoms with Crippen LogP contribution >= 0.6 is 0 Å². The predicted octanol–water partition coefficient (Wildman–Crippen LogP) is 4.67. The Balaban J connectivity index is 1.95. The third-order valence-electron chi connectivity index (χ3n) is 4.21. The van der Waals surface area contributed by atoms with Crippen LogP contribution in [0.5, 0.6) is 0 Å². The molecular weight excluding hydrogens is 246 g/mol. The Kier molecular flexibility index (Phi) is 4.92. The molecule has 19 heavy (non-hydrogen) atoms. The van der Waals surface area contributed by atoms with Crippen LogP contribution in [0.3, 0.4) is 0 Å². The molecule has 0 amide bonds. The minimum Gasteiger partial charge on any atom is -0.388 e. The Labute approximate surface area is 113 Å². The van der Waals surface area contributed by atoms with Crippen LogP contribution in [0.2, 0.25) is 0 Å². The van der Waals surface area contributed by atoms with Gasteiger partial charge < -0.3 is 5.11 Å². The summed E-state index contributed by atoms with van der Waals surface area (Å²) in [6.45, 7) is 1.52. The van der Waals surface area contributed by atoms with Gasteiger partial charge in [-0.15, -0.1) is 0 Å². The highest BCUT2D eigenvalue weighted by molar-refractivity contribution is 5.26. The van der Waals surface area contributed by atoms with Gasteiger partial charge in [0, 0.05) is 5.56 Å². The number of halogens is 2. The summed E-state index contributed by atoms with van der Waals surface area (Å²) in [4.78, 5) is 0. The first-order valence-corrected chi connectivity index (χ1v) is 7.21. The Morgan fingerprint density at radius 1 is 1.16 bits per heavy atom. The maximum absolute atomic E-state index is 13.7. The Bertz CT molecular complexity index is 425. The molecule has 1 fully saturated rings. The van der Waals surface area contributed by atoms with Crippen LogP contribution in [-0.4, -0.2) is 5.11 Å². The van der Waals surface area contributed by atoms with Crippen molar-refractivity contribution in [3.63, 3.8) is 0 Å². The van der Waals surface area contributed by atoms with E-state index in [1.165, 1.54) is 39.0 Å². The van der Waals surface area contributed by atoms with Gasteiger partial charge >= 0.3 is 0 Å². The smallest absolute Gasteiger partial charge is 0.129 e. The monoisotopic (exact) mass is 268 g/mol. The van der Waals surface area contributed by atoms with Gasteiger partial charge in [-0.05, 0) is 43.4 Å². The summed E-state index contributed by atoms with van der Waals surface area (Å²) in [5, 5.41) is 10.0. The first-order chi connectivity index (χ1) is 9.08. The van der Waals surface area contributed by atoms with Crippen molar-refractivity contribution in [2.24, 2.45) is 5.92 Å². The maximum Gasteiger partial charge on any atom is 0.129 e. The molecule has 1 N–H and O–H groups in total. The zero-order chi connectivity index (χ0) is 13.8. The third-order valence-corrected chi connectivity index (χ3v) is 4.21. The molecule has 0 heterocycles. The van der Waals surface area contributed by atoms with Crippen LogP contribution in [0.4, 0.5) is 8.78 Å². The lowest BCUT2D eigenvalue weighted by molar-refractivity contribution is 0.147. The molecule has 1 aromatic rings. The fraction of sp³-hybridized carbons (Fsp3) is 0.625. The lowest BCUT2D eigenvalue weighted by Gasteiger charge is -2.22. The molecule has 0 bridgehead atoms. The van der Waals surface area contributed by atoms with E-state index in [2.05, 4.69) is 0 Å². The SMILES string of the molecule is Cc1cc(F)c(C(O)CCC2CCCCC2)cc1F. The topological polar surface area (TPSA) is 20.2 Å². The van der Waals surface area contributed by atoms with Crippen LogP contribution in [0.15, 0.2) is 12.1 Å². The number of aliphatic hydroxyl groups is 1. The second-order valence-electron chi connectivity index (χ2n) is 5.72. The number of hydrogen-bond donors (Lipinski definition) is 1. The predicted molar refractivity (Wildman–Crippen MR) is 71.9 cm³/mol. The second kappa shape index (κ2) is 6.47. The van der Waals surface area contributed by atoms with Crippen molar-refractivity contribution in [2.75, 3.05) is 0 Å². The van der Waals surface area contributed by atoms with Crippen LogP contribution in [0, 0.1) is 24.5 Å². The van der Waals surface area contributed by atoms with Gasteiger partial charge in [0.2, 0.25) is 0 Å². The summed E-state index contributed by atoms with van der Waals surface area (Å²) in [5.74, 6) is -0.315. The molecule has 1 atom stereocenters. The van der Waals surface area contributed by atoms with Gasteiger partial charge in [0.15, 0.2) is 0 Å². The average Bonchev–Trinajstić information content (AvgIpc) is 2.41. The fourth-order valence-corrected chi connectivity index (χ4v) is 2.94. The van der Waals surface area contributed by atoms with Gasteiger partial charge in [-0.25, -0.2) is 8.78 Å². The van der Waals surface area contributed by atoms with Crippen molar-refractivity contribution in [3.8, 4) is 0 Å². The van der Waals surface area contributed by atoms with Gasteiger partial charge in [-0.1, -0.05) is 32.1 Å². The zero-order valence-electron chi connectivity index (χ0n) is 11.5. The van der Waals surface area contributed by atoms with Gasteiger partial charge in [0.25, 0.3) is 0 Å². The van der Waals surface area contributed by atoms with Gasteiger partial charge in [0.1, 0.15) is 11.6 Å².